The molecule has 0 saturated heterocycles. The first-order valence-corrected chi connectivity index (χ1v) is 1.55. The van der Waals surface area contributed by atoms with Crippen molar-refractivity contribution in [1.29, 1.82) is 0 Å². The maximum atomic E-state index is 9.86. The third-order valence-corrected chi connectivity index (χ3v) is 0.357. The molecule has 0 amide bonds. The minimum absolute atomic E-state index is 0.141. The maximum Gasteiger partial charge on any atom is 0.320 e. The molecule has 0 aliphatic heterocycles. The first-order valence-electron chi connectivity index (χ1n) is 2.45. The predicted molar refractivity (Wildman–Crippen MR) is 21.3 cm³/mol. The third kappa shape index (κ3) is 1.72. The Labute approximate surface area is 38.7 Å². The van der Waals surface area contributed by atoms with Gasteiger partial charge in [0.2, 0.25) is 0 Å². The largest absolute Gasteiger partial charge is 0.480 e. The zero-order chi connectivity index (χ0) is 6.73. The molecule has 0 aliphatic carbocycles. The molecule has 0 bridgehead atoms. The molecular formula is C3H7NO2. The van der Waals surface area contributed by atoms with Crippen molar-refractivity contribution in [3.63, 3.8) is 0 Å². The molecule has 0 fully saturated rings. The Morgan fingerprint density at radius 1 is 2.33 bits per heavy atom. The van der Waals surface area contributed by atoms with E-state index < -0.39 is 12.0 Å². The molecule has 36 valence electrons. The summed E-state index contributed by atoms with van der Waals surface area (Å²) >= 11 is 0. The van der Waals surface area contributed by atoms with E-state index in [0.29, 0.717) is 0 Å². The van der Waals surface area contributed by atoms with Crippen LogP contribution in [0.4, 0.5) is 0 Å². The van der Waals surface area contributed by atoms with E-state index >= 15 is 0 Å². The van der Waals surface area contributed by atoms with Crippen LogP contribution in [0, 0.1) is 0 Å². The molecule has 0 rings (SSSR count). The van der Waals surface area contributed by atoms with E-state index in [0.717, 1.165) is 0 Å². The van der Waals surface area contributed by atoms with Gasteiger partial charge in [-0.3, -0.25) is 4.79 Å². The zero-order valence-corrected chi connectivity index (χ0v) is 3.38. The van der Waals surface area contributed by atoms with Crippen molar-refractivity contribution in [2.45, 2.75) is 13.0 Å². The zero-order valence-electron chi connectivity index (χ0n) is 5.38. The van der Waals surface area contributed by atoms with Gasteiger partial charge in [0.15, 0.2) is 0 Å². The van der Waals surface area contributed by atoms with Crippen molar-refractivity contribution < 1.29 is 12.7 Å². The quantitative estimate of drug-likeness (QED) is 0.477. The van der Waals surface area contributed by atoms with Crippen LogP contribution >= 0.6 is 0 Å². The summed E-state index contributed by atoms with van der Waals surface area (Å²) in [4.78, 5) is 9.86. The number of hydrogen-bond donors (Lipinski definition) is 2. The lowest BCUT2D eigenvalue weighted by Crippen LogP contribution is -2.25. The highest BCUT2D eigenvalue weighted by atomic mass is 16.4. The smallest absolute Gasteiger partial charge is 0.320 e. The molecule has 0 aromatic carbocycles. The van der Waals surface area contributed by atoms with E-state index in [2.05, 4.69) is 0 Å². The summed E-state index contributed by atoms with van der Waals surface area (Å²) in [5.41, 5.74) is 0.141. The van der Waals surface area contributed by atoms with Gasteiger partial charge in [-0.15, -0.1) is 0 Å². The summed E-state index contributed by atoms with van der Waals surface area (Å²) in [6.45, 7) is 1.27. The molecule has 3 heteroatoms. The van der Waals surface area contributed by atoms with Crippen molar-refractivity contribution in [3.8, 4) is 0 Å². The summed E-state index contributed by atoms with van der Waals surface area (Å²) in [7, 11) is 0. The van der Waals surface area contributed by atoms with Crippen molar-refractivity contribution >= 4 is 5.97 Å². The molecule has 0 spiro atoms. The SMILES string of the molecule is [2H]N([2H])[C@@H](C)C(=O)O. The highest BCUT2D eigenvalue weighted by Crippen LogP contribution is 1.68. The predicted octanol–water partition coefficient (Wildman–Crippen LogP) is -0.582. The van der Waals surface area contributed by atoms with Crippen LogP contribution in [0.3, 0.4) is 0 Å². The first kappa shape index (κ1) is 2.58. The number of aliphatic carboxylic acids is 1. The molecule has 3 nitrogen and oxygen atoms in total. The number of carbonyl (C=O) groups is 1. The Balaban J connectivity index is 3.64. The van der Waals surface area contributed by atoms with Crippen LogP contribution in [-0.2, 0) is 4.79 Å². The van der Waals surface area contributed by atoms with Gasteiger partial charge in [-0.2, -0.15) is 0 Å². The lowest BCUT2D eigenvalue weighted by Gasteiger charge is -1.90. The first-order chi connectivity index (χ1) is 3.55. The Kier molecular flexibility index (Phi) is 0.759. The van der Waals surface area contributed by atoms with Gasteiger partial charge < -0.3 is 10.8 Å². The molecule has 0 aliphatic rings. The number of carboxylic acids is 1. The standard InChI is InChI=1S/C3H7NO2/c1-2(4)3(5)6/h2H,4H2,1H3,(H,5,6)/t2-/m0/s1/i/hD2. The van der Waals surface area contributed by atoms with Crippen LogP contribution < -0.4 is 5.72 Å². The fourth-order valence-electron chi connectivity index (χ4n) is 0. The summed E-state index contributed by atoms with van der Waals surface area (Å²) in [6.07, 6.45) is 0. The van der Waals surface area contributed by atoms with Crippen LogP contribution in [0.2, 0.25) is 2.82 Å². The highest BCUT2D eigenvalue weighted by Gasteiger charge is 1.99. The minimum atomic E-state index is -1.16. The van der Waals surface area contributed by atoms with Crippen LogP contribution in [0.25, 0.3) is 0 Å². The van der Waals surface area contributed by atoms with E-state index in [1.165, 1.54) is 6.92 Å². The van der Waals surface area contributed by atoms with Gasteiger partial charge in [-0.25, -0.2) is 0 Å². The number of nitrogens with two attached hydrogens (primary N) is 1. The van der Waals surface area contributed by atoms with Gasteiger partial charge in [-0.05, 0) is 6.92 Å². The Morgan fingerprint density at radius 3 is 2.83 bits per heavy atom. The molecule has 1 atom stereocenters. The summed E-state index contributed by atoms with van der Waals surface area (Å²) in [5.74, 6) is -1.16. The van der Waals surface area contributed by atoms with Crippen molar-refractivity contribution in [2.24, 2.45) is 5.72 Å². The lowest BCUT2D eigenvalue weighted by atomic mass is 10.4. The molecule has 3 N–H and O–H groups in total. The van der Waals surface area contributed by atoms with Gasteiger partial charge in [-0.1, -0.05) is 0 Å². The van der Waals surface area contributed by atoms with Gasteiger partial charge in [0.05, 0.1) is 0 Å². The van der Waals surface area contributed by atoms with E-state index in [-0.39, 0.29) is 5.72 Å². The molecule has 0 aromatic rings. The number of hydrogen-bond acceptors (Lipinski definition) is 2. The normalized spacial score (nSPS) is 19.0. The summed E-state index contributed by atoms with van der Waals surface area (Å²) < 4.78 is 12.9. The van der Waals surface area contributed by atoms with Crippen LogP contribution in [0.15, 0.2) is 0 Å². The fraction of sp³-hybridized carbons (Fsp3) is 0.667. The second-order valence-electron chi connectivity index (χ2n) is 1.01. The maximum absolute atomic E-state index is 9.86. The van der Waals surface area contributed by atoms with Crippen molar-refractivity contribution in [1.82, 2.24) is 0 Å². The van der Waals surface area contributed by atoms with E-state index in [9.17, 15) is 4.79 Å². The third-order valence-electron chi connectivity index (χ3n) is 0.357. The Bertz CT molecular complexity index is 95.3. The molecule has 0 radical (unpaired) electrons. The van der Waals surface area contributed by atoms with E-state index in [4.69, 9.17) is 7.93 Å². The fourth-order valence-corrected chi connectivity index (χ4v) is 0. The summed E-state index contributed by atoms with van der Waals surface area (Å²) in [6, 6.07) is -1.05. The topological polar surface area (TPSA) is 63.3 Å². The molecule has 0 aromatic heterocycles. The van der Waals surface area contributed by atoms with Gasteiger partial charge in [0.1, 0.15) is 8.87 Å². The van der Waals surface area contributed by atoms with E-state index in [1.54, 1.807) is 0 Å². The highest BCUT2D eigenvalue weighted by molar-refractivity contribution is 5.72. The van der Waals surface area contributed by atoms with Crippen LogP contribution in [0.1, 0.15) is 6.92 Å². The molecule has 6 heavy (non-hydrogen) atoms. The molecule has 0 saturated carbocycles. The van der Waals surface area contributed by atoms with Crippen LogP contribution in [-0.4, -0.2) is 17.1 Å². The number of rotatable bonds is 2. The van der Waals surface area contributed by atoms with Crippen LogP contribution in [0.5, 0.6) is 0 Å². The monoisotopic (exact) mass is 91.1 g/mol. The lowest BCUT2D eigenvalue weighted by molar-refractivity contribution is -0.138. The minimum Gasteiger partial charge on any atom is -0.480 e. The van der Waals surface area contributed by atoms with Gasteiger partial charge in [0, 0.05) is 0 Å². The Hall–Kier alpha value is -0.570. The van der Waals surface area contributed by atoms with Gasteiger partial charge >= 0.3 is 5.97 Å². The average molecular weight is 91.1 g/mol. The second-order valence-corrected chi connectivity index (χ2v) is 1.01. The number of carboxylic acid groups (broad SMARTS) is 1. The van der Waals surface area contributed by atoms with Gasteiger partial charge in [0.25, 0.3) is 0 Å². The van der Waals surface area contributed by atoms with E-state index in [1.807, 2.05) is 0 Å². The molecule has 0 heterocycles. The second kappa shape index (κ2) is 1.77. The molecular weight excluding hydrogens is 82.0 g/mol. The van der Waals surface area contributed by atoms with Crippen molar-refractivity contribution in [3.05, 3.63) is 0 Å². The van der Waals surface area contributed by atoms with Crippen molar-refractivity contribution in [2.75, 3.05) is 0 Å². The molecule has 0 unspecified atom stereocenters. The Morgan fingerprint density at radius 2 is 2.83 bits per heavy atom. The summed E-state index contributed by atoms with van der Waals surface area (Å²) in [5, 5.41) is 8.07. The average Bonchev–Trinajstić information content (AvgIpc) is 1.64.